The summed E-state index contributed by atoms with van der Waals surface area (Å²) in [5.74, 6) is -0.0292. The van der Waals surface area contributed by atoms with Gasteiger partial charge in [0.15, 0.2) is 0 Å². The maximum atomic E-state index is 12.0. The van der Waals surface area contributed by atoms with Crippen LogP contribution in [-0.2, 0) is 0 Å². The van der Waals surface area contributed by atoms with Gasteiger partial charge in [-0.3, -0.25) is 4.79 Å². The van der Waals surface area contributed by atoms with Crippen LogP contribution in [0, 0.1) is 6.92 Å². The topological polar surface area (TPSA) is 55.1 Å². The van der Waals surface area contributed by atoms with Crippen LogP contribution in [0.5, 0.6) is 0 Å². The predicted octanol–water partition coefficient (Wildman–Crippen LogP) is 2.50. The fourth-order valence-corrected chi connectivity index (χ4v) is 1.66. The number of amides is 1. The van der Waals surface area contributed by atoms with E-state index >= 15 is 0 Å². The predicted molar refractivity (Wildman–Crippen MR) is 67.4 cm³/mol. The molecule has 1 aromatic rings. The van der Waals surface area contributed by atoms with Gasteiger partial charge in [-0.1, -0.05) is 19.9 Å². The zero-order chi connectivity index (χ0) is 12.1. The van der Waals surface area contributed by atoms with E-state index in [1.807, 2.05) is 25.1 Å². The van der Waals surface area contributed by atoms with E-state index in [4.69, 9.17) is 5.73 Å². The first-order valence-electron chi connectivity index (χ1n) is 5.76. The van der Waals surface area contributed by atoms with Crippen LogP contribution in [0.25, 0.3) is 0 Å². The first-order valence-corrected chi connectivity index (χ1v) is 5.76. The number of nitrogen functional groups attached to an aromatic ring is 1. The molecule has 1 rings (SSSR count). The van der Waals surface area contributed by atoms with Gasteiger partial charge < -0.3 is 11.1 Å². The second-order valence-electron chi connectivity index (χ2n) is 4.01. The number of hydrogen-bond acceptors (Lipinski definition) is 2. The Labute approximate surface area is 97.0 Å². The third-order valence-corrected chi connectivity index (χ3v) is 2.94. The molecule has 0 radical (unpaired) electrons. The summed E-state index contributed by atoms with van der Waals surface area (Å²) in [6.45, 7) is 6.01. The van der Waals surface area contributed by atoms with E-state index in [2.05, 4.69) is 19.2 Å². The van der Waals surface area contributed by atoms with Crippen LogP contribution >= 0.6 is 0 Å². The van der Waals surface area contributed by atoms with E-state index in [0.717, 1.165) is 18.4 Å². The Balaban J connectivity index is 2.84. The Kier molecular flexibility index (Phi) is 4.35. The molecule has 0 bridgehead atoms. The van der Waals surface area contributed by atoms with Gasteiger partial charge in [0.25, 0.3) is 5.91 Å². The lowest BCUT2D eigenvalue weighted by Gasteiger charge is -2.16. The fourth-order valence-electron chi connectivity index (χ4n) is 1.66. The summed E-state index contributed by atoms with van der Waals surface area (Å²) in [6, 6.07) is 5.67. The molecule has 0 aliphatic rings. The number of carbonyl (C=O) groups is 1. The van der Waals surface area contributed by atoms with Crippen LogP contribution in [0.2, 0.25) is 0 Å². The van der Waals surface area contributed by atoms with Crippen molar-refractivity contribution in [3.63, 3.8) is 0 Å². The van der Waals surface area contributed by atoms with Crippen LogP contribution in [0.15, 0.2) is 18.2 Å². The molecule has 0 aromatic heterocycles. The molecule has 0 heterocycles. The zero-order valence-corrected chi connectivity index (χ0v) is 10.2. The van der Waals surface area contributed by atoms with Crippen LogP contribution in [0.3, 0.4) is 0 Å². The van der Waals surface area contributed by atoms with E-state index in [9.17, 15) is 4.79 Å². The van der Waals surface area contributed by atoms with Gasteiger partial charge in [0, 0.05) is 17.3 Å². The van der Waals surface area contributed by atoms with E-state index in [1.165, 1.54) is 0 Å². The van der Waals surface area contributed by atoms with Crippen molar-refractivity contribution < 1.29 is 4.79 Å². The Morgan fingerprint density at radius 3 is 2.56 bits per heavy atom. The minimum atomic E-state index is -0.0292. The summed E-state index contributed by atoms with van der Waals surface area (Å²) in [6.07, 6.45) is 1.90. The molecule has 0 saturated carbocycles. The zero-order valence-electron chi connectivity index (χ0n) is 10.2. The van der Waals surface area contributed by atoms with E-state index in [0.29, 0.717) is 11.3 Å². The van der Waals surface area contributed by atoms with Crippen LogP contribution in [0.4, 0.5) is 5.69 Å². The van der Waals surface area contributed by atoms with Crippen molar-refractivity contribution in [3.8, 4) is 0 Å². The summed E-state index contributed by atoms with van der Waals surface area (Å²) >= 11 is 0. The molecule has 1 amide bonds. The third-order valence-electron chi connectivity index (χ3n) is 2.94. The smallest absolute Gasteiger partial charge is 0.251 e. The summed E-state index contributed by atoms with van der Waals surface area (Å²) in [5.41, 5.74) is 7.96. The molecule has 0 aliphatic heterocycles. The summed E-state index contributed by atoms with van der Waals surface area (Å²) in [7, 11) is 0. The van der Waals surface area contributed by atoms with Crippen LogP contribution < -0.4 is 11.1 Å². The lowest BCUT2D eigenvalue weighted by molar-refractivity contribution is 0.0934. The van der Waals surface area contributed by atoms with E-state index in [-0.39, 0.29) is 11.9 Å². The molecule has 0 unspecified atom stereocenters. The van der Waals surface area contributed by atoms with Gasteiger partial charge in [0.05, 0.1) is 0 Å². The normalized spacial score (nSPS) is 10.5. The van der Waals surface area contributed by atoms with Gasteiger partial charge in [-0.05, 0) is 37.5 Å². The average Bonchev–Trinajstić information content (AvgIpc) is 2.29. The van der Waals surface area contributed by atoms with Crippen molar-refractivity contribution in [3.05, 3.63) is 29.3 Å². The molecule has 3 N–H and O–H groups in total. The molecule has 0 fully saturated rings. The molecule has 0 aliphatic carbocycles. The molecule has 3 nitrogen and oxygen atoms in total. The number of carbonyl (C=O) groups excluding carboxylic acids is 1. The highest BCUT2D eigenvalue weighted by atomic mass is 16.1. The number of anilines is 1. The SMILES string of the molecule is CCC(CC)NC(=O)c1cccc(N)c1C. The highest BCUT2D eigenvalue weighted by Gasteiger charge is 2.13. The maximum Gasteiger partial charge on any atom is 0.251 e. The summed E-state index contributed by atoms with van der Waals surface area (Å²) in [4.78, 5) is 12.0. The van der Waals surface area contributed by atoms with Crippen molar-refractivity contribution >= 4 is 11.6 Å². The lowest BCUT2D eigenvalue weighted by atomic mass is 10.1. The fraction of sp³-hybridized carbons (Fsp3) is 0.462. The number of nitrogens with one attached hydrogen (secondary N) is 1. The molecule has 1 aromatic carbocycles. The Morgan fingerprint density at radius 1 is 1.38 bits per heavy atom. The molecule has 0 atom stereocenters. The summed E-state index contributed by atoms with van der Waals surface area (Å²) in [5, 5.41) is 3.01. The molecule has 88 valence electrons. The minimum absolute atomic E-state index is 0.0292. The Morgan fingerprint density at radius 2 is 2.00 bits per heavy atom. The molecular weight excluding hydrogens is 200 g/mol. The second kappa shape index (κ2) is 5.54. The quantitative estimate of drug-likeness (QED) is 0.766. The van der Waals surface area contributed by atoms with E-state index in [1.54, 1.807) is 0 Å². The van der Waals surface area contributed by atoms with Gasteiger partial charge in [0.2, 0.25) is 0 Å². The van der Waals surface area contributed by atoms with Crippen molar-refractivity contribution in [2.75, 3.05) is 5.73 Å². The van der Waals surface area contributed by atoms with E-state index < -0.39 is 0 Å². The molecule has 0 saturated heterocycles. The maximum absolute atomic E-state index is 12.0. The van der Waals surface area contributed by atoms with Crippen molar-refractivity contribution in [1.29, 1.82) is 0 Å². The van der Waals surface area contributed by atoms with Gasteiger partial charge in [0.1, 0.15) is 0 Å². The first kappa shape index (κ1) is 12.6. The lowest BCUT2D eigenvalue weighted by Crippen LogP contribution is -2.34. The molecule has 0 spiro atoms. The van der Waals surface area contributed by atoms with Gasteiger partial charge in [-0.15, -0.1) is 0 Å². The molecular formula is C13H20N2O. The second-order valence-corrected chi connectivity index (χ2v) is 4.01. The van der Waals surface area contributed by atoms with Crippen molar-refractivity contribution in [1.82, 2.24) is 5.32 Å². The largest absolute Gasteiger partial charge is 0.398 e. The minimum Gasteiger partial charge on any atom is -0.398 e. The average molecular weight is 220 g/mol. The van der Waals surface area contributed by atoms with Crippen molar-refractivity contribution in [2.45, 2.75) is 39.7 Å². The monoisotopic (exact) mass is 220 g/mol. The number of hydrogen-bond donors (Lipinski definition) is 2. The Bertz CT molecular complexity index is 370. The number of benzene rings is 1. The van der Waals surface area contributed by atoms with Gasteiger partial charge >= 0.3 is 0 Å². The Hall–Kier alpha value is -1.51. The van der Waals surface area contributed by atoms with Crippen molar-refractivity contribution in [2.24, 2.45) is 0 Å². The highest BCUT2D eigenvalue weighted by Crippen LogP contribution is 2.15. The molecule has 3 heteroatoms. The third kappa shape index (κ3) is 2.75. The summed E-state index contributed by atoms with van der Waals surface area (Å²) < 4.78 is 0. The molecule has 16 heavy (non-hydrogen) atoms. The standard InChI is InChI=1S/C13H20N2O/c1-4-10(5-2)15-13(16)11-7-6-8-12(14)9(11)3/h6-8,10H,4-5,14H2,1-3H3,(H,15,16). The highest BCUT2D eigenvalue weighted by molar-refractivity contribution is 5.97. The number of nitrogens with two attached hydrogens (primary N) is 1. The first-order chi connectivity index (χ1) is 7.60. The number of rotatable bonds is 4. The van der Waals surface area contributed by atoms with Crippen LogP contribution in [0.1, 0.15) is 42.6 Å². The van der Waals surface area contributed by atoms with Gasteiger partial charge in [-0.2, -0.15) is 0 Å². The van der Waals surface area contributed by atoms with Gasteiger partial charge in [-0.25, -0.2) is 0 Å². The van der Waals surface area contributed by atoms with Crippen LogP contribution in [-0.4, -0.2) is 11.9 Å².